The maximum atomic E-state index is 13.3. The molecular weight excluding hydrogens is 678 g/mol. The van der Waals surface area contributed by atoms with Crippen LogP contribution < -0.4 is 16.4 Å². The van der Waals surface area contributed by atoms with Crippen molar-refractivity contribution >= 4 is 51.7 Å². The first-order valence-corrected chi connectivity index (χ1v) is 15.6. The molecule has 2 aromatic carbocycles. The van der Waals surface area contributed by atoms with Gasteiger partial charge in [-0.1, -0.05) is 42.3 Å². The second-order valence-electron chi connectivity index (χ2n) is 12.6. The van der Waals surface area contributed by atoms with Gasteiger partial charge in [-0.25, -0.2) is 9.37 Å². The summed E-state index contributed by atoms with van der Waals surface area (Å²) in [5, 5.41) is 4.54. The Labute approximate surface area is 288 Å². The van der Waals surface area contributed by atoms with E-state index in [1.807, 2.05) is 12.4 Å². The summed E-state index contributed by atoms with van der Waals surface area (Å²) in [5.41, 5.74) is 9.77. The van der Waals surface area contributed by atoms with Crippen LogP contribution in [0.15, 0.2) is 61.1 Å². The number of nitrogens with one attached hydrogen (secondary N) is 2. The highest BCUT2D eigenvalue weighted by Crippen LogP contribution is 2.44. The third-order valence-electron chi connectivity index (χ3n) is 8.71. The zero-order chi connectivity index (χ0) is 36.1. The number of carbonyl (C=O) groups excluding carboxylic acids is 3. The van der Waals surface area contributed by atoms with Crippen molar-refractivity contribution in [3.05, 3.63) is 77.2 Å². The Morgan fingerprint density at radius 3 is 2.32 bits per heavy atom. The molecule has 15 heteroatoms. The van der Waals surface area contributed by atoms with Gasteiger partial charge in [0.2, 0.25) is 0 Å². The fourth-order valence-electron chi connectivity index (χ4n) is 6.67. The fourth-order valence-corrected chi connectivity index (χ4v) is 6.93. The summed E-state index contributed by atoms with van der Waals surface area (Å²) >= 11 is 6.48. The van der Waals surface area contributed by atoms with Gasteiger partial charge in [-0.05, 0) is 42.4 Å². The highest BCUT2D eigenvalue weighted by molar-refractivity contribution is 6.34. The van der Waals surface area contributed by atoms with E-state index in [0.717, 1.165) is 13.1 Å². The highest BCUT2D eigenvalue weighted by atomic mass is 35.5. The summed E-state index contributed by atoms with van der Waals surface area (Å²) < 4.78 is 53.4. The number of nitrogen functional groups attached to an aromatic ring is 1. The van der Waals surface area contributed by atoms with Crippen molar-refractivity contribution in [1.82, 2.24) is 24.7 Å². The zero-order valence-electron chi connectivity index (χ0n) is 26.8. The smallest absolute Gasteiger partial charge is 0.383 e. The average molecular weight is 708 g/mol. The quantitative estimate of drug-likeness (QED) is 0.148. The molecule has 4 aromatic rings. The molecule has 6 rings (SSSR count). The average Bonchev–Trinajstić information content (AvgIpc) is 3.34. The van der Waals surface area contributed by atoms with E-state index in [4.69, 9.17) is 17.3 Å². The van der Waals surface area contributed by atoms with Crippen molar-refractivity contribution in [2.24, 2.45) is 12.5 Å². The molecular formula is C35H30ClF4N7O3. The van der Waals surface area contributed by atoms with E-state index in [1.165, 1.54) is 24.4 Å². The number of benzene rings is 2. The van der Waals surface area contributed by atoms with E-state index >= 15 is 0 Å². The van der Waals surface area contributed by atoms with Crippen LogP contribution in [0.25, 0.3) is 33.3 Å². The van der Waals surface area contributed by atoms with Gasteiger partial charge in [0.15, 0.2) is 5.83 Å². The van der Waals surface area contributed by atoms with Crippen LogP contribution in [0.4, 0.5) is 29.1 Å². The number of amides is 3. The summed E-state index contributed by atoms with van der Waals surface area (Å²) in [6.45, 7) is 4.61. The molecule has 4 N–H and O–H groups in total. The molecule has 50 heavy (non-hydrogen) atoms. The molecule has 2 aliphatic rings. The molecule has 4 heterocycles. The van der Waals surface area contributed by atoms with Crippen molar-refractivity contribution in [2.45, 2.75) is 6.18 Å². The van der Waals surface area contributed by atoms with Gasteiger partial charge >= 0.3 is 6.18 Å². The second kappa shape index (κ2) is 12.8. The van der Waals surface area contributed by atoms with E-state index in [-0.39, 0.29) is 27.7 Å². The van der Waals surface area contributed by atoms with Crippen LogP contribution in [0.5, 0.6) is 0 Å². The normalized spacial score (nSPS) is 15.1. The summed E-state index contributed by atoms with van der Waals surface area (Å²) in [6, 6.07) is 10.7. The maximum absolute atomic E-state index is 13.3. The minimum absolute atomic E-state index is 0.112. The molecule has 2 fully saturated rings. The number of rotatable bonds is 6. The van der Waals surface area contributed by atoms with Crippen molar-refractivity contribution in [2.75, 3.05) is 50.8 Å². The first-order valence-electron chi connectivity index (χ1n) is 15.2. The number of hydrogen-bond acceptors (Lipinski definition) is 6. The first-order chi connectivity index (χ1) is 23.6. The Hall–Kier alpha value is -5.39. The predicted octanol–water partition coefficient (Wildman–Crippen LogP) is 4.98. The van der Waals surface area contributed by atoms with Gasteiger partial charge in [-0.2, -0.15) is 13.2 Å². The number of pyridine rings is 1. The van der Waals surface area contributed by atoms with E-state index in [1.54, 1.807) is 40.8 Å². The summed E-state index contributed by atoms with van der Waals surface area (Å²) in [6.07, 6.45) is -3.15. The third-order valence-corrected chi connectivity index (χ3v) is 9.02. The number of aromatic nitrogens is 2. The number of alkyl halides is 3. The number of likely N-dealkylation sites (tertiary alicyclic amines) is 2. The Morgan fingerprint density at radius 1 is 1.06 bits per heavy atom. The molecule has 1 spiro atoms. The van der Waals surface area contributed by atoms with Gasteiger partial charge in [0.25, 0.3) is 17.7 Å². The largest absolute Gasteiger partial charge is 0.405 e. The van der Waals surface area contributed by atoms with E-state index in [2.05, 4.69) is 33.6 Å². The van der Waals surface area contributed by atoms with Gasteiger partial charge in [0.1, 0.15) is 12.4 Å². The summed E-state index contributed by atoms with van der Waals surface area (Å²) in [5.74, 6) is 2.34. The van der Waals surface area contributed by atoms with Crippen LogP contribution in [0.2, 0.25) is 5.02 Å². The van der Waals surface area contributed by atoms with Gasteiger partial charge in [0.05, 0.1) is 32.7 Å². The van der Waals surface area contributed by atoms with Crippen LogP contribution in [-0.2, 0) is 16.6 Å². The Morgan fingerprint density at radius 2 is 1.72 bits per heavy atom. The zero-order valence-corrected chi connectivity index (χ0v) is 27.6. The maximum Gasteiger partial charge on any atom is 0.405 e. The van der Waals surface area contributed by atoms with Crippen LogP contribution in [0, 0.1) is 17.3 Å². The summed E-state index contributed by atoms with van der Waals surface area (Å²) in [4.78, 5) is 45.7. The van der Waals surface area contributed by atoms with Crippen molar-refractivity contribution in [3.63, 3.8) is 0 Å². The van der Waals surface area contributed by atoms with Crippen molar-refractivity contribution in [3.8, 4) is 34.2 Å². The van der Waals surface area contributed by atoms with Gasteiger partial charge in [-0.3, -0.25) is 14.4 Å². The molecule has 0 atom stereocenters. The van der Waals surface area contributed by atoms with E-state index < -0.39 is 30.4 Å². The molecule has 0 radical (unpaired) electrons. The molecule has 2 saturated heterocycles. The monoisotopic (exact) mass is 707 g/mol. The van der Waals surface area contributed by atoms with Crippen molar-refractivity contribution < 1.29 is 31.9 Å². The predicted molar refractivity (Wildman–Crippen MR) is 182 cm³/mol. The highest BCUT2D eigenvalue weighted by Gasteiger charge is 2.51. The molecule has 2 aliphatic heterocycles. The van der Waals surface area contributed by atoms with E-state index in [9.17, 15) is 31.9 Å². The van der Waals surface area contributed by atoms with Gasteiger partial charge in [0, 0.05) is 62.0 Å². The number of fused-ring (bicyclic) bond motifs is 1. The molecule has 0 aliphatic carbocycles. The minimum Gasteiger partial charge on any atom is -0.383 e. The van der Waals surface area contributed by atoms with E-state index in [0.29, 0.717) is 57.6 Å². The Bertz CT molecular complexity index is 2140. The van der Waals surface area contributed by atoms with Crippen molar-refractivity contribution in [1.29, 1.82) is 0 Å². The molecule has 0 unspecified atom stereocenters. The lowest BCUT2D eigenvalue weighted by atomic mass is 9.73. The van der Waals surface area contributed by atoms with Crippen LogP contribution in [-0.4, -0.2) is 83.0 Å². The second-order valence-corrected chi connectivity index (χ2v) is 13.0. The molecule has 10 nitrogen and oxygen atoms in total. The SMILES string of the molecule is C=C(F)C(=O)Nc1ccc(-c2c(-c3ccc(C(=O)NCC(F)(F)F)c(Cl)c3)c3c(N)ncc(C#CC(=O)N4CC5(CN(C)C5)C4)c3n2C)cc1. The first kappa shape index (κ1) is 34.5. The van der Waals surface area contributed by atoms with Crippen LogP contribution >= 0.6 is 11.6 Å². The number of halogens is 5. The topological polar surface area (TPSA) is 126 Å². The number of nitrogens with two attached hydrogens (primary N) is 1. The molecule has 0 bridgehead atoms. The molecule has 258 valence electrons. The summed E-state index contributed by atoms with van der Waals surface area (Å²) in [7, 11) is 3.79. The standard InChI is InChI=1S/C35H30ClF4N7O3/c1-19(37)32(49)44-23-8-4-20(5-9-23)29-27(21-6-10-24(25(36)12-21)33(50)43-14-35(38,39)40)28-30(46(29)3)22(13-42-31(28)41)7-11-26(48)47-17-34(18-47)15-45(2)16-34/h4-6,8-10,12-13H,1,14-18H2,2-3H3,(H2,41,42)(H,43,50)(H,44,49). The lowest BCUT2D eigenvalue weighted by Crippen LogP contribution is -2.71. The molecule has 0 saturated carbocycles. The lowest BCUT2D eigenvalue weighted by Gasteiger charge is -2.59. The number of hydrogen-bond donors (Lipinski definition) is 3. The number of nitrogens with zero attached hydrogens (tertiary/aromatic N) is 4. The van der Waals surface area contributed by atoms with Crippen LogP contribution in [0.3, 0.4) is 0 Å². The lowest BCUT2D eigenvalue weighted by molar-refractivity contribution is -0.150. The Kier molecular flexibility index (Phi) is 8.83. The number of carbonyl (C=O) groups is 3. The fraction of sp³-hybridized carbons (Fsp3) is 0.257. The minimum atomic E-state index is -4.61. The van der Waals surface area contributed by atoms with Gasteiger partial charge < -0.3 is 30.7 Å². The Balaban J connectivity index is 1.44. The molecule has 3 amide bonds. The number of aryl methyl sites for hydroxylation is 1. The number of anilines is 2. The molecule has 2 aromatic heterocycles. The van der Waals surface area contributed by atoms with Gasteiger partial charge in [-0.15, -0.1) is 0 Å². The van der Waals surface area contributed by atoms with Crippen LogP contribution in [0.1, 0.15) is 15.9 Å². The third kappa shape index (κ3) is 6.61.